The number of nitrogens with one attached hydrogen (secondary N) is 1. The SMILES string of the molecule is CC(NC(=O)Cn1cnnn1)[C@H]1C(=O)N2C(C(=O)OCc3ccc([N+](=O)[O-])cc3)=C(OP(=O)(Oc3ccccc3)Oc3ccccc3)[C@H](C)[C@H]12. The number of rotatable bonds is 14. The third-order valence-corrected chi connectivity index (χ3v) is 9.34. The quantitative estimate of drug-likeness (QED) is 0.0653. The summed E-state index contributed by atoms with van der Waals surface area (Å²) in [6.07, 6.45) is 1.27. The molecular weight excluding hydrogens is 673 g/mol. The van der Waals surface area contributed by atoms with Crippen molar-refractivity contribution >= 4 is 31.3 Å². The van der Waals surface area contributed by atoms with Gasteiger partial charge in [-0.05, 0) is 59.3 Å². The fraction of sp³-hybridized carbons (Fsp3) is 0.250. The average Bonchev–Trinajstić information content (AvgIpc) is 3.68. The first-order valence-electron chi connectivity index (χ1n) is 15.3. The highest BCUT2D eigenvalue weighted by molar-refractivity contribution is 7.49. The van der Waals surface area contributed by atoms with Crippen molar-refractivity contribution in [2.24, 2.45) is 11.8 Å². The molecule has 1 aromatic heterocycles. The van der Waals surface area contributed by atoms with E-state index in [-0.39, 0.29) is 41.8 Å². The lowest BCUT2D eigenvalue weighted by molar-refractivity contribution is -0.384. The van der Waals surface area contributed by atoms with Crippen LogP contribution in [0.1, 0.15) is 19.4 Å². The molecule has 6 rings (SSSR count). The van der Waals surface area contributed by atoms with Gasteiger partial charge in [-0.2, -0.15) is 4.57 Å². The van der Waals surface area contributed by atoms with Crippen LogP contribution in [0, 0.1) is 22.0 Å². The first kappa shape index (κ1) is 33.8. The minimum Gasteiger partial charge on any atom is -0.456 e. The maximum Gasteiger partial charge on any atom is 0.646 e. The van der Waals surface area contributed by atoms with Crippen LogP contribution >= 0.6 is 7.82 Å². The Labute approximate surface area is 284 Å². The zero-order chi connectivity index (χ0) is 35.4. The molecule has 50 heavy (non-hydrogen) atoms. The van der Waals surface area contributed by atoms with Gasteiger partial charge in [-0.15, -0.1) is 5.10 Å². The Hall–Kier alpha value is -6.09. The highest BCUT2D eigenvalue weighted by Gasteiger charge is 2.62. The number of tetrazole rings is 1. The number of benzene rings is 3. The monoisotopic (exact) mass is 703 g/mol. The van der Waals surface area contributed by atoms with Crippen molar-refractivity contribution in [2.75, 3.05) is 0 Å². The number of esters is 1. The number of carbonyl (C=O) groups excluding carboxylic acids is 3. The van der Waals surface area contributed by atoms with Crippen molar-refractivity contribution in [2.45, 2.75) is 39.1 Å². The highest BCUT2D eigenvalue weighted by Crippen LogP contribution is 2.57. The number of nitro benzene ring substituents is 1. The molecule has 17 nitrogen and oxygen atoms in total. The number of phosphoric acid groups is 1. The number of carbonyl (C=O) groups is 3. The Bertz CT molecular complexity index is 1910. The number of ether oxygens (including phenoxy) is 1. The first-order chi connectivity index (χ1) is 24.0. The lowest BCUT2D eigenvalue weighted by atomic mass is 9.77. The Kier molecular flexibility index (Phi) is 9.58. The molecule has 1 N–H and O–H groups in total. The molecule has 3 heterocycles. The predicted molar refractivity (Wildman–Crippen MR) is 171 cm³/mol. The van der Waals surface area contributed by atoms with Crippen LogP contribution in [0.5, 0.6) is 11.5 Å². The van der Waals surface area contributed by atoms with Gasteiger partial charge in [-0.3, -0.25) is 24.6 Å². The molecule has 2 amide bonds. The van der Waals surface area contributed by atoms with Crippen LogP contribution < -0.4 is 14.4 Å². The van der Waals surface area contributed by atoms with E-state index >= 15 is 0 Å². The number of non-ortho nitro benzene ring substituents is 1. The number of phosphoric ester groups is 1. The molecule has 0 radical (unpaired) electrons. The molecule has 1 saturated heterocycles. The van der Waals surface area contributed by atoms with Gasteiger partial charge in [-0.1, -0.05) is 43.3 Å². The van der Waals surface area contributed by atoms with Gasteiger partial charge in [0.25, 0.3) is 5.69 Å². The molecule has 3 aromatic carbocycles. The van der Waals surface area contributed by atoms with Crippen molar-refractivity contribution in [3.05, 3.63) is 118 Å². The number of aromatic nitrogens is 4. The number of β-lactam (4-membered cyclic amide) rings is 1. The molecular formula is C32H30N7O10P. The summed E-state index contributed by atoms with van der Waals surface area (Å²) in [5.41, 5.74) is -0.0202. The third-order valence-electron chi connectivity index (χ3n) is 8.05. The van der Waals surface area contributed by atoms with Gasteiger partial charge in [0.15, 0.2) is 5.70 Å². The van der Waals surface area contributed by atoms with Gasteiger partial charge < -0.3 is 23.6 Å². The molecule has 2 aliphatic heterocycles. The third kappa shape index (κ3) is 7.17. The maximum absolute atomic E-state index is 14.4. The molecule has 2 aliphatic rings. The summed E-state index contributed by atoms with van der Waals surface area (Å²) in [4.78, 5) is 52.0. The van der Waals surface area contributed by atoms with Crippen molar-refractivity contribution in [3.8, 4) is 11.5 Å². The molecule has 1 unspecified atom stereocenters. The molecule has 0 bridgehead atoms. The van der Waals surface area contributed by atoms with E-state index in [4.69, 9.17) is 18.3 Å². The van der Waals surface area contributed by atoms with Gasteiger partial charge in [-0.25, -0.2) is 9.48 Å². The van der Waals surface area contributed by atoms with Crippen LogP contribution in [-0.2, 0) is 41.4 Å². The summed E-state index contributed by atoms with van der Waals surface area (Å²) in [6, 6.07) is 20.2. The van der Waals surface area contributed by atoms with E-state index in [1.54, 1.807) is 74.5 Å². The molecule has 258 valence electrons. The second-order valence-corrected chi connectivity index (χ2v) is 12.9. The molecule has 0 aliphatic carbocycles. The number of nitro groups is 1. The number of para-hydroxylation sites is 2. The van der Waals surface area contributed by atoms with Crippen LogP contribution in [0.2, 0.25) is 0 Å². The van der Waals surface area contributed by atoms with Crippen molar-refractivity contribution in [1.82, 2.24) is 30.4 Å². The van der Waals surface area contributed by atoms with Gasteiger partial charge in [0, 0.05) is 24.1 Å². The van der Waals surface area contributed by atoms with Crippen LogP contribution in [0.4, 0.5) is 5.69 Å². The van der Waals surface area contributed by atoms with E-state index in [1.165, 1.54) is 40.2 Å². The lowest BCUT2D eigenvalue weighted by Gasteiger charge is -2.47. The molecule has 4 atom stereocenters. The molecule has 1 fully saturated rings. The molecule has 4 aromatic rings. The van der Waals surface area contributed by atoms with Gasteiger partial charge in [0.1, 0.15) is 36.7 Å². The zero-order valence-electron chi connectivity index (χ0n) is 26.6. The Morgan fingerprint density at radius 1 is 0.980 bits per heavy atom. The predicted octanol–water partition coefficient (Wildman–Crippen LogP) is 3.80. The van der Waals surface area contributed by atoms with E-state index in [2.05, 4.69) is 20.8 Å². The largest absolute Gasteiger partial charge is 0.646 e. The molecule has 18 heteroatoms. The molecule has 0 saturated carbocycles. The van der Waals surface area contributed by atoms with E-state index in [1.807, 2.05) is 0 Å². The van der Waals surface area contributed by atoms with Gasteiger partial charge in [0.2, 0.25) is 11.8 Å². The Morgan fingerprint density at radius 3 is 2.16 bits per heavy atom. The summed E-state index contributed by atoms with van der Waals surface area (Å²) in [7, 11) is -4.62. The van der Waals surface area contributed by atoms with Gasteiger partial charge in [0.05, 0.1) is 16.9 Å². The minimum absolute atomic E-state index is 0.144. The average molecular weight is 704 g/mol. The van der Waals surface area contributed by atoms with Crippen molar-refractivity contribution in [1.29, 1.82) is 0 Å². The summed E-state index contributed by atoms with van der Waals surface area (Å²) < 4.78 is 38.9. The number of amides is 2. The minimum atomic E-state index is -4.62. The lowest BCUT2D eigenvalue weighted by Crippen LogP contribution is -2.66. The van der Waals surface area contributed by atoms with Gasteiger partial charge >= 0.3 is 13.8 Å². The standard InChI is InChI=1S/C32H30N7O10P/c1-20-28-27(21(2)34-26(40)17-37-19-33-35-36-37)31(41)38(28)29(32(42)46-18-22-13-15-23(16-14-22)39(43)44)30(20)49-50(45,47-24-9-5-3-6-10-24)48-25-11-7-4-8-12-25/h3-16,19-21,27-28H,17-18H2,1-2H3,(H,34,40)/t20-,21?,27-,28-/m1/s1. The highest BCUT2D eigenvalue weighted by atomic mass is 31.2. The van der Waals surface area contributed by atoms with E-state index < -0.39 is 54.4 Å². The Morgan fingerprint density at radius 2 is 1.60 bits per heavy atom. The fourth-order valence-corrected chi connectivity index (χ4v) is 7.13. The van der Waals surface area contributed by atoms with Crippen LogP contribution in [0.25, 0.3) is 0 Å². The van der Waals surface area contributed by atoms with Crippen LogP contribution in [0.15, 0.2) is 103 Å². The van der Waals surface area contributed by atoms with E-state index in [0.717, 1.165) is 0 Å². The normalized spacial score (nSPS) is 18.8. The van der Waals surface area contributed by atoms with E-state index in [0.29, 0.717) is 5.56 Å². The first-order valence-corrected chi connectivity index (χ1v) is 16.8. The zero-order valence-corrected chi connectivity index (χ0v) is 27.5. The number of nitrogens with zero attached hydrogens (tertiary/aromatic N) is 6. The Balaban J connectivity index is 1.30. The van der Waals surface area contributed by atoms with Crippen molar-refractivity contribution < 1.29 is 42.2 Å². The number of hydrogen-bond acceptors (Lipinski definition) is 13. The second-order valence-electron chi connectivity index (χ2n) is 11.4. The topological polar surface area (TPSA) is 207 Å². The van der Waals surface area contributed by atoms with E-state index in [9.17, 15) is 29.1 Å². The smallest absolute Gasteiger partial charge is 0.456 e. The summed E-state index contributed by atoms with van der Waals surface area (Å²) >= 11 is 0. The maximum atomic E-state index is 14.4. The summed E-state index contributed by atoms with van der Waals surface area (Å²) in [5, 5.41) is 24.5. The van der Waals surface area contributed by atoms with Crippen molar-refractivity contribution in [3.63, 3.8) is 0 Å². The summed E-state index contributed by atoms with van der Waals surface area (Å²) in [5.74, 6) is -3.40. The summed E-state index contributed by atoms with van der Waals surface area (Å²) in [6.45, 7) is 2.83. The second kappa shape index (κ2) is 14.2. The van der Waals surface area contributed by atoms with Crippen LogP contribution in [0.3, 0.4) is 0 Å². The van der Waals surface area contributed by atoms with Crippen LogP contribution in [-0.4, -0.2) is 59.9 Å². The molecule has 0 spiro atoms. The number of hydrogen-bond donors (Lipinski definition) is 1. The number of fused-ring (bicyclic) bond motifs is 1. The fourth-order valence-electron chi connectivity index (χ4n) is 5.77.